The van der Waals surface area contributed by atoms with Gasteiger partial charge in [0.25, 0.3) is 0 Å². The summed E-state index contributed by atoms with van der Waals surface area (Å²) in [6, 6.07) is 8.14. The molecule has 5 rings (SSSR count). The molecule has 2 saturated heterocycles. The largest absolute Gasteiger partial charge is 0.493 e. The van der Waals surface area contributed by atoms with Gasteiger partial charge in [-0.3, -0.25) is 0 Å². The normalized spacial score (nSPS) is 20.2. The molecule has 9 heteroatoms. The van der Waals surface area contributed by atoms with Gasteiger partial charge in [-0.15, -0.1) is 0 Å². The fourth-order valence-corrected chi connectivity index (χ4v) is 4.76. The first-order chi connectivity index (χ1) is 16.1. The van der Waals surface area contributed by atoms with Crippen LogP contribution in [0, 0.1) is 17.7 Å². The van der Waals surface area contributed by atoms with E-state index < -0.39 is 5.82 Å². The van der Waals surface area contributed by atoms with Gasteiger partial charge in [0.2, 0.25) is 0 Å². The van der Waals surface area contributed by atoms with Crippen molar-refractivity contribution in [3.05, 3.63) is 47.5 Å². The summed E-state index contributed by atoms with van der Waals surface area (Å²) >= 11 is 5.91. The van der Waals surface area contributed by atoms with Crippen LogP contribution in [0.5, 0.6) is 11.5 Å². The summed E-state index contributed by atoms with van der Waals surface area (Å²) in [4.78, 5) is 11.2. The van der Waals surface area contributed by atoms with Crippen LogP contribution in [0.1, 0.15) is 6.42 Å². The van der Waals surface area contributed by atoms with Crippen molar-refractivity contribution in [2.24, 2.45) is 11.8 Å². The summed E-state index contributed by atoms with van der Waals surface area (Å²) in [5, 5.41) is 3.99. The Morgan fingerprint density at radius 3 is 2.73 bits per heavy atom. The van der Waals surface area contributed by atoms with Crippen molar-refractivity contribution in [3.8, 4) is 11.5 Å². The molecular weight excluding hydrogens is 447 g/mol. The van der Waals surface area contributed by atoms with Crippen LogP contribution in [-0.2, 0) is 4.74 Å². The van der Waals surface area contributed by atoms with E-state index in [9.17, 15) is 4.39 Å². The number of hydrogen-bond acceptors (Lipinski definition) is 7. The Kier molecular flexibility index (Phi) is 6.48. The summed E-state index contributed by atoms with van der Waals surface area (Å²) in [5.74, 6) is 2.72. The van der Waals surface area contributed by atoms with Crippen molar-refractivity contribution < 1.29 is 18.6 Å². The van der Waals surface area contributed by atoms with Gasteiger partial charge >= 0.3 is 0 Å². The fraction of sp³-hybridized carbons (Fsp3) is 0.417. The van der Waals surface area contributed by atoms with E-state index in [1.807, 2.05) is 12.1 Å². The molecule has 2 aliphatic rings. The Bertz CT molecular complexity index is 1140. The summed E-state index contributed by atoms with van der Waals surface area (Å²) in [5.41, 5.74) is 1.33. The van der Waals surface area contributed by atoms with Crippen molar-refractivity contribution in [2.75, 3.05) is 51.9 Å². The summed E-state index contributed by atoms with van der Waals surface area (Å²) in [6.45, 7) is 5.61. The Hall–Kier alpha value is -2.68. The molecule has 2 atom stereocenters. The SMILES string of the molecule is COc1cc2ncnc(Nc3ccc(F)c(Cl)c3)c2cc1OCCCN1C[C@H]2COC[C@@H]2C1. The maximum Gasteiger partial charge on any atom is 0.162 e. The van der Waals surface area contributed by atoms with Crippen LogP contribution in [0.15, 0.2) is 36.7 Å². The van der Waals surface area contributed by atoms with E-state index in [2.05, 4.69) is 20.2 Å². The first-order valence-electron chi connectivity index (χ1n) is 11.1. The van der Waals surface area contributed by atoms with Gasteiger partial charge in [0.1, 0.15) is 18.0 Å². The number of halogens is 2. The Balaban J connectivity index is 1.28. The second-order valence-corrected chi connectivity index (χ2v) is 8.92. The van der Waals surface area contributed by atoms with Crippen LogP contribution >= 0.6 is 11.6 Å². The van der Waals surface area contributed by atoms with Gasteiger partial charge in [-0.2, -0.15) is 0 Å². The molecule has 0 bridgehead atoms. The van der Waals surface area contributed by atoms with Crippen molar-refractivity contribution in [3.63, 3.8) is 0 Å². The van der Waals surface area contributed by atoms with Crippen molar-refractivity contribution >= 4 is 34.0 Å². The number of rotatable bonds is 8. The molecule has 0 unspecified atom stereocenters. The number of nitrogens with zero attached hydrogens (tertiary/aromatic N) is 3. The quantitative estimate of drug-likeness (QED) is 0.483. The number of methoxy groups -OCH3 is 1. The maximum absolute atomic E-state index is 13.5. The van der Waals surface area contributed by atoms with Crippen LogP contribution < -0.4 is 14.8 Å². The van der Waals surface area contributed by atoms with E-state index in [0.717, 1.165) is 44.7 Å². The molecule has 2 aromatic carbocycles. The molecule has 1 aromatic heterocycles. The molecule has 1 N–H and O–H groups in total. The predicted molar refractivity (Wildman–Crippen MR) is 125 cm³/mol. The summed E-state index contributed by atoms with van der Waals surface area (Å²) in [7, 11) is 1.61. The van der Waals surface area contributed by atoms with E-state index in [4.69, 9.17) is 25.8 Å². The second-order valence-electron chi connectivity index (χ2n) is 8.52. The van der Waals surface area contributed by atoms with Gasteiger partial charge in [-0.05, 0) is 30.7 Å². The number of aromatic nitrogens is 2. The minimum absolute atomic E-state index is 0.0400. The van der Waals surface area contributed by atoms with Crippen LogP contribution in [0.25, 0.3) is 10.9 Å². The first kappa shape index (κ1) is 22.1. The van der Waals surface area contributed by atoms with Crippen LogP contribution in [0.2, 0.25) is 5.02 Å². The van der Waals surface area contributed by atoms with E-state index >= 15 is 0 Å². The summed E-state index contributed by atoms with van der Waals surface area (Å²) < 4.78 is 30.7. The van der Waals surface area contributed by atoms with E-state index in [1.54, 1.807) is 13.2 Å². The topological polar surface area (TPSA) is 68.7 Å². The molecule has 3 aromatic rings. The lowest BCUT2D eigenvalue weighted by Gasteiger charge is -2.17. The number of nitrogens with one attached hydrogen (secondary N) is 1. The molecule has 33 heavy (non-hydrogen) atoms. The Morgan fingerprint density at radius 1 is 1.15 bits per heavy atom. The third kappa shape index (κ3) is 4.83. The van der Waals surface area contributed by atoms with E-state index in [-0.39, 0.29) is 5.02 Å². The van der Waals surface area contributed by atoms with Gasteiger partial charge in [-0.1, -0.05) is 11.6 Å². The van der Waals surface area contributed by atoms with Crippen LogP contribution in [0.4, 0.5) is 15.9 Å². The zero-order valence-corrected chi connectivity index (χ0v) is 19.1. The average molecular weight is 473 g/mol. The number of benzene rings is 2. The van der Waals surface area contributed by atoms with Gasteiger partial charge < -0.3 is 24.4 Å². The molecule has 0 amide bonds. The van der Waals surface area contributed by atoms with Gasteiger partial charge in [0.05, 0.1) is 37.5 Å². The van der Waals surface area contributed by atoms with E-state index in [0.29, 0.717) is 47.0 Å². The van der Waals surface area contributed by atoms with Gasteiger partial charge in [0.15, 0.2) is 11.5 Å². The molecule has 0 aliphatic carbocycles. The highest BCUT2D eigenvalue weighted by atomic mass is 35.5. The third-order valence-corrected chi connectivity index (χ3v) is 6.58. The molecular formula is C24H26ClFN4O3. The standard InChI is InChI=1S/C24H26ClFN4O3/c1-31-22-9-21-18(24(28-14-27-21)29-17-3-4-20(26)19(25)7-17)8-23(22)33-6-2-5-30-10-15-12-32-13-16(15)11-30/h3-4,7-9,14-16H,2,5-6,10-13H2,1H3,(H,27,28,29)/t15-,16-/m0/s1. The predicted octanol–water partition coefficient (Wildman–Crippen LogP) is 4.52. The fourth-order valence-electron chi connectivity index (χ4n) is 4.58. The van der Waals surface area contributed by atoms with Gasteiger partial charge in [-0.25, -0.2) is 14.4 Å². The van der Waals surface area contributed by atoms with E-state index in [1.165, 1.54) is 18.5 Å². The van der Waals surface area contributed by atoms with Gasteiger partial charge in [0, 0.05) is 48.6 Å². The number of likely N-dealkylation sites (tertiary alicyclic amines) is 1. The minimum Gasteiger partial charge on any atom is -0.493 e. The Morgan fingerprint density at radius 2 is 1.97 bits per heavy atom. The molecule has 2 fully saturated rings. The average Bonchev–Trinajstić information content (AvgIpc) is 3.41. The number of hydrogen-bond donors (Lipinski definition) is 1. The molecule has 0 spiro atoms. The highest BCUT2D eigenvalue weighted by Gasteiger charge is 2.36. The lowest BCUT2D eigenvalue weighted by Crippen LogP contribution is -2.25. The zero-order valence-electron chi connectivity index (χ0n) is 18.4. The molecule has 0 radical (unpaired) electrons. The summed E-state index contributed by atoms with van der Waals surface area (Å²) in [6.07, 6.45) is 2.39. The molecule has 3 heterocycles. The lowest BCUT2D eigenvalue weighted by atomic mass is 10.0. The first-order valence-corrected chi connectivity index (χ1v) is 11.5. The maximum atomic E-state index is 13.5. The number of fused-ring (bicyclic) bond motifs is 2. The monoisotopic (exact) mass is 472 g/mol. The molecule has 0 saturated carbocycles. The van der Waals surface area contributed by atoms with Crippen molar-refractivity contribution in [1.82, 2.24) is 14.9 Å². The second kappa shape index (κ2) is 9.67. The molecule has 174 valence electrons. The highest BCUT2D eigenvalue weighted by molar-refractivity contribution is 6.31. The number of ether oxygens (including phenoxy) is 3. The molecule has 2 aliphatic heterocycles. The van der Waals surface area contributed by atoms with Crippen LogP contribution in [0.3, 0.4) is 0 Å². The van der Waals surface area contributed by atoms with Crippen LogP contribution in [-0.4, -0.2) is 61.4 Å². The van der Waals surface area contributed by atoms with Crippen molar-refractivity contribution in [2.45, 2.75) is 6.42 Å². The number of anilines is 2. The minimum atomic E-state index is -0.472. The third-order valence-electron chi connectivity index (χ3n) is 6.30. The van der Waals surface area contributed by atoms with Crippen molar-refractivity contribution in [1.29, 1.82) is 0 Å². The lowest BCUT2D eigenvalue weighted by molar-refractivity contribution is 0.152. The smallest absolute Gasteiger partial charge is 0.162 e. The zero-order chi connectivity index (χ0) is 22.8. The molecule has 7 nitrogen and oxygen atoms in total. The Labute approximate surface area is 196 Å². The highest BCUT2D eigenvalue weighted by Crippen LogP contribution is 2.35.